The molecule has 2 aliphatic heterocycles. The summed E-state index contributed by atoms with van der Waals surface area (Å²) < 4.78 is 40.8. The number of rotatable bonds is 9. The smallest absolute Gasteiger partial charge is 0.550 e. The van der Waals surface area contributed by atoms with Crippen LogP contribution in [0, 0.1) is 17.7 Å². The summed E-state index contributed by atoms with van der Waals surface area (Å²) in [6.45, 7) is 3.23. The molecule has 4 atom stereocenters. The number of fused-ring (bicyclic) bond motifs is 1. The van der Waals surface area contributed by atoms with E-state index in [0.29, 0.717) is 43.4 Å². The van der Waals surface area contributed by atoms with E-state index < -0.39 is 23.9 Å². The first-order valence-electron chi connectivity index (χ1n) is 14.5. The fourth-order valence-electron chi connectivity index (χ4n) is 6.51. The van der Waals surface area contributed by atoms with Crippen molar-refractivity contribution in [1.82, 2.24) is 9.88 Å². The van der Waals surface area contributed by atoms with E-state index in [1.54, 1.807) is 13.0 Å². The predicted octanol–water partition coefficient (Wildman–Crippen LogP) is 2.39. The van der Waals surface area contributed by atoms with Gasteiger partial charge in [0.25, 0.3) is 0 Å². The number of aryl methyl sites for hydroxylation is 1. The minimum Gasteiger partial charge on any atom is -0.550 e. The zero-order valence-electron chi connectivity index (χ0n) is 24.4. The van der Waals surface area contributed by atoms with E-state index in [9.17, 15) is 18.7 Å². The number of methoxy groups -OCH3 is 1. The molecule has 216 valence electrons. The Morgan fingerprint density at radius 3 is 2.64 bits per heavy atom. The number of aliphatic carboxylic acids is 1. The van der Waals surface area contributed by atoms with Gasteiger partial charge >= 0.3 is 29.6 Å². The molecule has 1 aromatic heterocycles. The van der Waals surface area contributed by atoms with Crippen LogP contribution in [-0.4, -0.2) is 42.2 Å². The topological polar surface area (TPSA) is 74.7 Å². The van der Waals surface area contributed by atoms with Crippen LogP contribution < -0.4 is 44.1 Å². The first-order chi connectivity index (χ1) is 19.8. The van der Waals surface area contributed by atoms with Crippen molar-refractivity contribution >= 4 is 5.97 Å². The molecule has 6 nitrogen and oxygen atoms in total. The second-order valence-electron chi connectivity index (χ2n) is 11.7. The molecule has 2 aromatic carbocycles. The molecule has 9 heteroatoms. The molecule has 0 spiro atoms. The van der Waals surface area contributed by atoms with Gasteiger partial charge in [-0.15, -0.1) is 0 Å². The normalized spacial score (nSPS) is 21.5. The summed E-state index contributed by atoms with van der Waals surface area (Å²) in [6, 6.07) is 13.6. The number of hydrogen-bond acceptors (Lipinski definition) is 6. The van der Waals surface area contributed by atoms with Crippen LogP contribution >= 0.6 is 0 Å². The number of benzene rings is 2. The van der Waals surface area contributed by atoms with Gasteiger partial charge in [-0.25, -0.2) is 13.8 Å². The largest absolute Gasteiger partial charge is 1.00 e. The van der Waals surface area contributed by atoms with Crippen molar-refractivity contribution in [3.8, 4) is 22.8 Å². The maximum atomic E-state index is 15.0. The van der Waals surface area contributed by atoms with E-state index in [0.717, 1.165) is 65.4 Å². The molecule has 0 bridgehead atoms. The maximum absolute atomic E-state index is 15.0. The first kappa shape index (κ1) is 30.9. The van der Waals surface area contributed by atoms with Gasteiger partial charge in [0.05, 0.1) is 13.3 Å². The van der Waals surface area contributed by atoms with Gasteiger partial charge in [-0.05, 0) is 77.8 Å². The van der Waals surface area contributed by atoms with Crippen molar-refractivity contribution in [3.05, 3.63) is 76.7 Å². The third-order valence-corrected chi connectivity index (χ3v) is 8.90. The zero-order chi connectivity index (χ0) is 28.7. The molecule has 1 unspecified atom stereocenters. The molecule has 2 fully saturated rings. The number of carbonyl (C=O) groups is 1. The number of carboxylic acids is 1. The van der Waals surface area contributed by atoms with Crippen LogP contribution in [0.2, 0.25) is 0 Å². The van der Waals surface area contributed by atoms with Crippen LogP contribution in [0.1, 0.15) is 66.9 Å². The van der Waals surface area contributed by atoms with E-state index in [-0.39, 0.29) is 41.6 Å². The molecule has 3 aromatic rings. The number of carboxylic acid groups (broad SMARTS) is 1. The van der Waals surface area contributed by atoms with Gasteiger partial charge in [-0.2, -0.15) is 0 Å². The van der Waals surface area contributed by atoms with Gasteiger partial charge in [0.1, 0.15) is 23.8 Å². The Bertz CT molecular complexity index is 1450. The van der Waals surface area contributed by atoms with Crippen molar-refractivity contribution in [3.63, 3.8) is 0 Å². The Morgan fingerprint density at radius 2 is 1.95 bits per heavy atom. The summed E-state index contributed by atoms with van der Waals surface area (Å²) in [5.41, 5.74) is 5.06. The number of nitrogens with zero attached hydrogens (tertiary/aromatic N) is 2. The molecule has 0 radical (unpaired) electrons. The summed E-state index contributed by atoms with van der Waals surface area (Å²) in [7, 11) is 1.50. The summed E-state index contributed by atoms with van der Waals surface area (Å²) in [6.07, 6.45) is 4.25. The molecule has 1 aliphatic carbocycles. The monoisotopic (exact) mass is 584 g/mol. The Kier molecular flexibility index (Phi) is 9.57. The minimum atomic E-state index is -1.02. The molecular formula is C33H35F2N2NaO4. The van der Waals surface area contributed by atoms with Crippen molar-refractivity contribution < 1.29 is 57.7 Å². The van der Waals surface area contributed by atoms with Crippen LogP contribution in [0.4, 0.5) is 8.78 Å². The van der Waals surface area contributed by atoms with Crippen LogP contribution in [0.25, 0.3) is 11.1 Å². The second-order valence-corrected chi connectivity index (χ2v) is 11.7. The molecule has 1 saturated heterocycles. The Morgan fingerprint density at radius 1 is 1.14 bits per heavy atom. The quantitative estimate of drug-likeness (QED) is 0.360. The Hall–Kier alpha value is -2.52. The van der Waals surface area contributed by atoms with E-state index >= 15 is 0 Å². The molecule has 3 aliphatic rings. The summed E-state index contributed by atoms with van der Waals surface area (Å²) >= 11 is 0. The van der Waals surface area contributed by atoms with Gasteiger partial charge in [-0.3, -0.25) is 4.90 Å². The third kappa shape index (κ3) is 6.52. The van der Waals surface area contributed by atoms with Crippen LogP contribution in [0.15, 0.2) is 48.7 Å². The SMILES string of the molecule is COc1cc(-c2ccc(C3CCc4ccc([C@H](C5CC5)[C@H](C)C(=O)[O-])cc4O3)cc2CN2CC[C@H](F)C2)c(F)cn1.[Na+]. The van der Waals surface area contributed by atoms with Crippen molar-refractivity contribution in [2.45, 2.75) is 63.8 Å². The number of carbonyl (C=O) groups excluding carboxylic acids is 1. The van der Waals surface area contributed by atoms with E-state index in [1.165, 1.54) is 7.11 Å². The van der Waals surface area contributed by atoms with Crippen LogP contribution in [0.3, 0.4) is 0 Å². The summed E-state index contributed by atoms with van der Waals surface area (Å²) in [5.74, 6) is -0.671. The Balaban J connectivity index is 0.00000353. The minimum absolute atomic E-state index is 0. The van der Waals surface area contributed by atoms with Crippen molar-refractivity contribution in [2.24, 2.45) is 11.8 Å². The fourth-order valence-corrected chi connectivity index (χ4v) is 6.51. The number of ether oxygens (including phenoxy) is 2. The van der Waals surface area contributed by atoms with E-state index in [1.807, 2.05) is 24.3 Å². The average molecular weight is 585 g/mol. The number of aromatic nitrogens is 1. The van der Waals surface area contributed by atoms with Crippen LogP contribution in [0.5, 0.6) is 11.6 Å². The standard InChI is InChI=1S/C33H36F2N2O4.Na/c1-19(33(38)39)32(21-4-5-21)23-6-3-20-8-10-29(41-30(20)14-23)22-7-9-26(27-15-31(40-2)36-16-28(27)35)24(13-22)17-37-12-11-25(34)18-37;/h3,6-7,9,13-16,19,21,25,29,32H,4-5,8,10-12,17-18H2,1-2H3,(H,38,39);/q;+1/p-1/t19-,25-,29?,32-;/m0./s1. The van der Waals surface area contributed by atoms with Gasteiger partial charge in [0.15, 0.2) is 0 Å². The van der Waals surface area contributed by atoms with Crippen molar-refractivity contribution in [1.29, 1.82) is 0 Å². The van der Waals surface area contributed by atoms with Gasteiger partial charge in [-0.1, -0.05) is 37.3 Å². The number of halogens is 2. The molecular weight excluding hydrogens is 549 g/mol. The molecule has 3 heterocycles. The summed E-state index contributed by atoms with van der Waals surface area (Å²) in [4.78, 5) is 17.8. The van der Waals surface area contributed by atoms with Gasteiger partial charge < -0.3 is 19.4 Å². The molecule has 0 amide bonds. The number of likely N-dealkylation sites (tertiary alicyclic amines) is 1. The first-order valence-corrected chi connectivity index (χ1v) is 14.5. The zero-order valence-corrected chi connectivity index (χ0v) is 26.4. The molecule has 42 heavy (non-hydrogen) atoms. The number of alkyl halides is 1. The van der Waals surface area contributed by atoms with Crippen LogP contribution in [-0.2, 0) is 17.8 Å². The van der Waals surface area contributed by atoms with E-state index in [4.69, 9.17) is 9.47 Å². The third-order valence-electron chi connectivity index (χ3n) is 8.90. The maximum Gasteiger partial charge on any atom is 1.00 e. The molecule has 0 N–H and O–H groups in total. The fraction of sp³-hybridized carbons (Fsp3) is 0.455. The number of hydrogen-bond donors (Lipinski definition) is 0. The number of pyridine rings is 1. The molecule has 1 saturated carbocycles. The Labute approximate surface area is 267 Å². The summed E-state index contributed by atoms with van der Waals surface area (Å²) in [5, 5.41) is 11.7. The van der Waals surface area contributed by atoms with Crippen molar-refractivity contribution in [2.75, 3.05) is 20.2 Å². The second kappa shape index (κ2) is 13.0. The van der Waals surface area contributed by atoms with E-state index in [2.05, 4.69) is 22.0 Å². The average Bonchev–Trinajstić information content (AvgIpc) is 3.73. The van der Waals surface area contributed by atoms with Gasteiger partial charge in [0, 0.05) is 43.2 Å². The molecule has 6 rings (SSSR count). The predicted molar refractivity (Wildman–Crippen MR) is 149 cm³/mol. The van der Waals surface area contributed by atoms with Gasteiger partial charge in [0.2, 0.25) is 5.88 Å².